The highest BCUT2D eigenvalue weighted by molar-refractivity contribution is 6.31. The summed E-state index contributed by atoms with van der Waals surface area (Å²) in [4.78, 5) is 13.6. The van der Waals surface area contributed by atoms with Crippen molar-refractivity contribution in [2.24, 2.45) is 0 Å². The predicted octanol–water partition coefficient (Wildman–Crippen LogP) is 1.97. The van der Waals surface area contributed by atoms with Crippen molar-refractivity contribution < 1.29 is 9.31 Å². The van der Waals surface area contributed by atoms with E-state index in [0.29, 0.717) is 0 Å². The lowest BCUT2D eigenvalue weighted by Crippen LogP contribution is -2.01. The third-order valence-electron chi connectivity index (χ3n) is 1.88. The second-order valence-electron chi connectivity index (χ2n) is 2.85. The first-order chi connectivity index (χ1) is 7.59. The maximum absolute atomic E-state index is 13.1. The Kier molecular flexibility index (Phi) is 2.53. The maximum Gasteiger partial charge on any atom is 0.297 e. The number of rotatable bonds is 2. The molecule has 0 aliphatic heterocycles. The number of aromatic nitrogens is 3. The lowest BCUT2D eigenvalue weighted by molar-refractivity contribution is -0.384. The molecule has 0 fully saturated rings. The van der Waals surface area contributed by atoms with Gasteiger partial charge in [-0.15, -0.1) is 0 Å². The molecule has 0 saturated carbocycles. The maximum atomic E-state index is 13.1. The fourth-order valence-electron chi connectivity index (χ4n) is 1.19. The highest BCUT2D eigenvalue weighted by Crippen LogP contribution is 2.28. The molecule has 0 N–H and O–H groups in total. The van der Waals surface area contributed by atoms with Crippen LogP contribution in [0.3, 0.4) is 0 Å². The van der Waals surface area contributed by atoms with E-state index in [1.165, 1.54) is 12.7 Å². The lowest BCUT2D eigenvalue weighted by atomic mass is 10.2. The average Bonchev–Trinajstić information content (AvgIpc) is 2.74. The van der Waals surface area contributed by atoms with Crippen LogP contribution in [0.2, 0.25) is 5.02 Å². The third-order valence-corrected chi connectivity index (χ3v) is 2.17. The fraction of sp³-hybridized carbons (Fsp3) is 0. The molecular weight excluding hydrogens is 239 g/mol. The van der Waals surface area contributed by atoms with Crippen LogP contribution in [0.25, 0.3) is 5.69 Å². The van der Waals surface area contributed by atoms with E-state index in [4.69, 9.17) is 11.6 Å². The summed E-state index contributed by atoms with van der Waals surface area (Å²) in [5, 5.41) is 14.2. The minimum atomic E-state index is -0.850. The SMILES string of the molecule is O=[N+]([O-])c1cc(F)c(Cl)cc1-n1cncn1. The molecule has 0 aliphatic carbocycles. The molecule has 16 heavy (non-hydrogen) atoms. The van der Waals surface area contributed by atoms with Crippen LogP contribution in [0.4, 0.5) is 10.1 Å². The molecule has 82 valence electrons. The van der Waals surface area contributed by atoms with Gasteiger partial charge in [-0.2, -0.15) is 5.10 Å². The summed E-state index contributed by atoms with van der Waals surface area (Å²) < 4.78 is 14.2. The van der Waals surface area contributed by atoms with E-state index in [-0.39, 0.29) is 10.7 Å². The Hall–Kier alpha value is -2.02. The second kappa shape index (κ2) is 3.86. The van der Waals surface area contributed by atoms with Crippen LogP contribution in [-0.4, -0.2) is 19.7 Å². The van der Waals surface area contributed by atoms with E-state index in [1.807, 2.05) is 0 Å². The van der Waals surface area contributed by atoms with Gasteiger partial charge >= 0.3 is 0 Å². The van der Waals surface area contributed by atoms with Gasteiger partial charge in [-0.3, -0.25) is 10.1 Å². The molecule has 0 saturated heterocycles. The van der Waals surface area contributed by atoms with Gasteiger partial charge < -0.3 is 0 Å². The molecule has 1 aromatic carbocycles. The van der Waals surface area contributed by atoms with Gasteiger partial charge in [0.2, 0.25) is 0 Å². The van der Waals surface area contributed by atoms with Crippen molar-refractivity contribution in [3.63, 3.8) is 0 Å². The Bertz CT molecular complexity index is 543. The minimum Gasteiger partial charge on any atom is -0.258 e. The van der Waals surface area contributed by atoms with Gasteiger partial charge in [-0.25, -0.2) is 14.1 Å². The summed E-state index contributed by atoms with van der Waals surface area (Å²) in [6, 6.07) is 1.88. The van der Waals surface area contributed by atoms with Crippen molar-refractivity contribution in [3.8, 4) is 5.69 Å². The molecule has 0 radical (unpaired) electrons. The topological polar surface area (TPSA) is 73.8 Å². The zero-order chi connectivity index (χ0) is 11.7. The summed E-state index contributed by atoms with van der Waals surface area (Å²) in [7, 11) is 0. The number of nitro benzene ring substituents is 1. The van der Waals surface area contributed by atoms with Gasteiger partial charge in [0, 0.05) is 0 Å². The van der Waals surface area contributed by atoms with Crippen molar-refractivity contribution in [1.82, 2.24) is 14.8 Å². The van der Waals surface area contributed by atoms with Crippen molar-refractivity contribution in [1.29, 1.82) is 0 Å². The molecule has 2 aromatic rings. The molecule has 0 spiro atoms. The van der Waals surface area contributed by atoms with Gasteiger partial charge in [0.25, 0.3) is 5.69 Å². The molecule has 8 heteroatoms. The first kappa shape index (κ1) is 10.5. The molecule has 0 amide bonds. The third kappa shape index (κ3) is 1.72. The Morgan fingerprint density at radius 3 is 2.81 bits per heavy atom. The Morgan fingerprint density at radius 2 is 2.25 bits per heavy atom. The van der Waals surface area contributed by atoms with Gasteiger partial charge in [0.1, 0.15) is 24.2 Å². The number of benzene rings is 1. The van der Waals surface area contributed by atoms with Crippen molar-refractivity contribution in [3.05, 3.63) is 45.7 Å². The van der Waals surface area contributed by atoms with Crippen molar-refractivity contribution in [2.75, 3.05) is 0 Å². The molecule has 2 rings (SSSR count). The highest BCUT2D eigenvalue weighted by Gasteiger charge is 2.19. The van der Waals surface area contributed by atoms with E-state index < -0.39 is 16.4 Å². The van der Waals surface area contributed by atoms with Crippen LogP contribution >= 0.6 is 11.6 Å². The molecule has 0 bridgehead atoms. The fourth-order valence-corrected chi connectivity index (χ4v) is 1.35. The minimum absolute atomic E-state index is 0.0638. The number of nitrogens with zero attached hydrogens (tertiary/aromatic N) is 4. The van der Waals surface area contributed by atoms with Crippen LogP contribution in [0.5, 0.6) is 0 Å². The molecule has 0 atom stereocenters. The van der Waals surface area contributed by atoms with E-state index in [0.717, 1.165) is 16.8 Å². The van der Waals surface area contributed by atoms with Gasteiger partial charge in [-0.05, 0) is 6.07 Å². The Balaban J connectivity index is 2.68. The van der Waals surface area contributed by atoms with E-state index in [2.05, 4.69) is 10.1 Å². The van der Waals surface area contributed by atoms with Gasteiger partial charge in [-0.1, -0.05) is 11.6 Å². The zero-order valence-electron chi connectivity index (χ0n) is 7.67. The molecule has 0 aliphatic rings. The zero-order valence-corrected chi connectivity index (χ0v) is 8.43. The summed E-state index contributed by atoms with van der Waals surface area (Å²) in [5.74, 6) is -0.850. The van der Waals surface area contributed by atoms with Gasteiger partial charge in [0.15, 0.2) is 0 Å². The normalized spacial score (nSPS) is 10.4. The van der Waals surface area contributed by atoms with Crippen LogP contribution in [0.15, 0.2) is 24.8 Å². The largest absolute Gasteiger partial charge is 0.297 e. The molecule has 6 nitrogen and oxygen atoms in total. The smallest absolute Gasteiger partial charge is 0.258 e. The first-order valence-corrected chi connectivity index (χ1v) is 4.46. The number of halogens is 2. The summed E-state index contributed by atoms with van der Waals surface area (Å²) in [6.45, 7) is 0. The van der Waals surface area contributed by atoms with Gasteiger partial charge in [0.05, 0.1) is 16.0 Å². The number of nitro groups is 1. The predicted molar refractivity (Wildman–Crippen MR) is 53.0 cm³/mol. The average molecular weight is 243 g/mol. The second-order valence-corrected chi connectivity index (χ2v) is 3.26. The Morgan fingerprint density at radius 1 is 1.50 bits per heavy atom. The summed E-state index contributed by atoms with van der Waals surface area (Å²) in [6.07, 6.45) is 2.47. The van der Waals surface area contributed by atoms with Crippen LogP contribution in [0, 0.1) is 15.9 Å². The molecular formula is C8H4ClFN4O2. The number of hydrogen-bond donors (Lipinski definition) is 0. The van der Waals surface area contributed by atoms with Crippen molar-refractivity contribution >= 4 is 17.3 Å². The van der Waals surface area contributed by atoms with E-state index >= 15 is 0 Å². The van der Waals surface area contributed by atoms with Crippen LogP contribution in [0.1, 0.15) is 0 Å². The Labute approximate surface area is 93.4 Å². The van der Waals surface area contributed by atoms with Crippen molar-refractivity contribution in [2.45, 2.75) is 0 Å². The number of hydrogen-bond acceptors (Lipinski definition) is 4. The molecule has 1 aromatic heterocycles. The van der Waals surface area contributed by atoms with E-state index in [9.17, 15) is 14.5 Å². The van der Waals surface area contributed by atoms with Crippen LogP contribution < -0.4 is 0 Å². The highest BCUT2D eigenvalue weighted by atomic mass is 35.5. The summed E-state index contributed by atoms with van der Waals surface area (Å²) >= 11 is 5.55. The monoisotopic (exact) mass is 242 g/mol. The first-order valence-electron chi connectivity index (χ1n) is 4.08. The summed E-state index contributed by atoms with van der Waals surface area (Å²) in [5.41, 5.74) is -0.360. The quantitative estimate of drug-likeness (QED) is 0.596. The van der Waals surface area contributed by atoms with E-state index in [1.54, 1.807) is 0 Å². The lowest BCUT2D eigenvalue weighted by Gasteiger charge is -2.03. The standard InChI is InChI=1S/C8H4ClFN4O2/c9-5-1-7(13-4-11-3-12-13)8(14(15)16)2-6(5)10/h1-4H. The molecule has 1 heterocycles. The molecule has 0 unspecified atom stereocenters. The van der Waals surface area contributed by atoms with Crippen LogP contribution in [-0.2, 0) is 0 Å².